The Morgan fingerprint density at radius 1 is 1.37 bits per heavy atom. The van der Waals surface area contributed by atoms with Gasteiger partial charge in [-0.1, -0.05) is 5.16 Å². The van der Waals surface area contributed by atoms with Crippen molar-refractivity contribution in [3.63, 3.8) is 0 Å². The van der Waals surface area contributed by atoms with Gasteiger partial charge in [-0.15, -0.1) is 0 Å². The number of amidine groups is 1. The van der Waals surface area contributed by atoms with Crippen molar-refractivity contribution >= 4 is 11.7 Å². The van der Waals surface area contributed by atoms with Gasteiger partial charge in [-0.05, 0) is 32.1 Å². The number of hydrogen-bond acceptors (Lipinski definition) is 4. The summed E-state index contributed by atoms with van der Waals surface area (Å²) in [7, 11) is 0. The second kappa shape index (κ2) is 6.75. The van der Waals surface area contributed by atoms with Crippen LogP contribution in [-0.2, 0) is 9.53 Å². The number of nitrogens with two attached hydrogens (primary N) is 1. The van der Waals surface area contributed by atoms with E-state index in [0.717, 1.165) is 38.7 Å². The predicted molar refractivity (Wildman–Crippen MR) is 70.9 cm³/mol. The Hall–Kier alpha value is -1.30. The number of hydrogen-bond donors (Lipinski definition) is 2. The first kappa shape index (κ1) is 14.1. The van der Waals surface area contributed by atoms with Gasteiger partial charge < -0.3 is 20.6 Å². The lowest BCUT2D eigenvalue weighted by molar-refractivity contribution is -0.133. The molecule has 0 aromatic carbocycles. The number of piperidine rings is 1. The molecule has 0 bridgehead atoms. The molecule has 108 valence electrons. The third kappa shape index (κ3) is 3.83. The van der Waals surface area contributed by atoms with Crippen molar-refractivity contribution in [3.8, 4) is 0 Å². The van der Waals surface area contributed by atoms with Gasteiger partial charge in [-0.3, -0.25) is 4.79 Å². The zero-order valence-electron chi connectivity index (χ0n) is 11.3. The van der Waals surface area contributed by atoms with Gasteiger partial charge in [0.05, 0.1) is 6.10 Å². The molecule has 0 aromatic rings. The predicted octanol–water partition coefficient (Wildman–Crippen LogP) is 0.931. The third-order valence-electron chi connectivity index (χ3n) is 4.09. The van der Waals surface area contributed by atoms with Gasteiger partial charge in [0.15, 0.2) is 0 Å². The summed E-state index contributed by atoms with van der Waals surface area (Å²) >= 11 is 0. The standard InChI is InChI=1S/C13H23N3O3/c14-13(15-18)10-5-7-16(8-6-10)12(17)4-3-11-2-1-9-19-11/h10-11,18H,1-9H2,(H2,14,15). The molecule has 2 fully saturated rings. The summed E-state index contributed by atoms with van der Waals surface area (Å²) in [5.74, 6) is 0.590. The molecule has 0 saturated carbocycles. The van der Waals surface area contributed by atoms with Crippen molar-refractivity contribution in [1.29, 1.82) is 0 Å². The summed E-state index contributed by atoms with van der Waals surface area (Å²) in [6, 6.07) is 0. The largest absolute Gasteiger partial charge is 0.409 e. The number of nitrogens with zero attached hydrogens (tertiary/aromatic N) is 2. The monoisotopic (exact) mass is 269 g/mol. The molecule has 2 aliphatic heterocycles. The second-order valence-electron chi connectivity index (χ2n) is 5.35. The highest BCUT2D eigenvalue weighted by Crippen LogP contribution is 2.20. The lowest BCUT2D eigenvalue weighted by Crippen LogP contribution is -2.41. The molecule has 2 rings (SSSR count). The van der Waals surface area contributed by atoms with Crippen LogP contribution in [0.2, 0.25) is 0 Å². The van der Waals surface area contributed by atoms with Crippen molar-refractivity contribution in [2.45, 2.75) is 44.6 Å². The number of likely N-dealkylation sites (tertiary alicyclic amines) is 1. The minimum atomic E-state index is 0.104. The molecular weight excluding hydrogens is 246 g/mol. The fourth-order valence-electron chi connectivity index (χ4n) is 2.82. The zero-order valence-corrected chi connectivity index (χ0v) is 11.3. The van der Waals surface area contributed by atoms with E-state index in [0.29, 0.717) is 19.5 Å². The number of carbonyl (C=O) groups excluding carboxylic acids is 1. The van der Waals surface area contributed by atoms with E-state index in [2.05, 4.69) is 5.16 Å². The van der Waals surface area contributed by atoms with Crippen LogP contribution in [-0.4, -0.2) is 47.7 Å². The van der Waals surface area contributed by atoms with Crippen molar-refractivity contribution in [2.24, 2.45) is 16.8 Å². The number of rotatable bonds is 4. The van der Waals surface area contributed by atoms with Crippen LogP contribution in [0.1, 0.15) is 38.5 Å². The Labute approximate surface area is 113 Å². The molecule has 2 saturated heterocycles. The first-order valence-electron chi connectivity index (χ1n) is 7.07. The minimum Gasteiger partial charge on any atom is -0.409 e. The average molecular weight is 269 g/mol. The number of oxime groups is 1. The molecule has 6 heteroatoms. The summed E-state index contributed by atoms with van der Waals surface area (Å²) < 4.78 is 5.52. The van der Waals surface area contributed by atoms with Gasteiger partial charge in [-0.2, -0.15) is 0 Å². The van der Waals surface area contributed by atoms with Crippen LogP contribution in [0, 0.1) is 5.92 Å². The molecule has 19 heavy (non-hydrogen) atoms. The fourth-order valence-corrected chi connectivity index (χ4v) is 2.82. The van der Waals surface area contributed by atoms with Crippen LogP contribution in [0.3, 0.4) is 0 Å². The lowest BCUT2D eigenvalue weighted by atomic mass is 9.95. The van der Waals surface area contributed by atoms with Crippen LogP contribution in [0.25, 0.3) is 0 Å². The maximum atomic E-state index is 12.1. The molecular formula is C13H23N3O3. The lowest BCUT2D eigenvalue weighted by Gasteiger charge is -2.31. The van der Waals surface area contributed by atoms with E-state index in [-0.39, 0.29) is 23.8 Å². The Morgan fingerprint density at radius 2 is 2.11 bits per heavy atom. The van der Waals surface area contributed by atoms with E-state index in [1.54, 1.807) is 0 Å². The number of amides is 1. The zero-order chi connectivity index (χ0) is 13.7. The van der Waals surface area contributed by atoms with E-state index in [9.17, 15) is 4.79 Å². The van der Waals surface area contributed by atoms with E-state index in [1.807, 2.05) is 4.90 Å². The molecule has 3 N–H and O–H groups in total. The normalized spacial score (nSPS) is 25.8. The Kier molecular flexibility index (Phi) is 5.01. The Bertz CT molecular complexity index is 332. The quantitative estimate of drug-likeness (QED) is 0.344. The van der Waals surface area contributed by atoms with Crippen molar-refractivity contribution in [3.05, 3.63) is 0 Å². The molecule has 1 unspecified atom stereocenters. The number of ether oxygens (including phenoxy) is 1. The van der Waals surface area contributed by atoms with Gasteiger partial charge in [-0.25, -0.2) is 0 Å². The molecule has 0 aliphatic carbocycles. The maximum Gasteiger partial charge on any atom is 0.222 e. The van der Waals surface area contributed by atoms with Gasteiger partial charge in [0, 0.05) is 32.0 Å². The SMILES string of the molecule is NC(=NO)C1CCN(C(=O)CCC2CCCO2)CC1. The van der Waals surface area contributed by atoms with E-state index in [1.165, 1.54) is 0 Å². The van der Waals surface area contributed by atoms with Crippen LogP contribution in [0.15, 0.2) is 5.16 Å². The fraction of sp³-hybridized carbons (Fsp3) is 0.846. The van der Waals surface area contributed by atoms with Crippen molar-refractivity contribution in [1.82, 2.24) is 4.90 Å². The molecule has 0 spiro atoms. The Morgan fingerprint density at radius 3 is 2.68 bits per heavy atom. The van der Waals surface area contributed by atoms with E-state index in [4.69, 9.17) is 15.7 Å². The number of carbonyl (C=O) groups is 1. The van der Waals surface area contributed by atoms with Crippen molar-refractivity contribution in [2.75, 3.05) is 19.7 Å². The molecule has 0 aromatic heterocycles. The second-order valence-corrected chi connectivity index (χ2v) is 5.35. The summed E-state index contributed by atoms with van der Waals surface area (Å²) in [4.78, 5) is 13.9. The summed E-state index contributed by atoms with van der Waals surface area (Å²) in [5.41, 5.74) is 5.59. The van der Waals surface area contributed by atoms with Gasteiger partial charge in [0.2, 0.25) is 5.91 Å². The molecule has 2 aliphatic rings. The molecule has 2 heterocycles. The van der Waals surface area contributed by atoms with Gasteiger partial charge in [0.1, 0.15) is 5.84 Å². The highest BCUT2D eigenvalue weighted by molar-refractivity contribution is 5.83. The van der Waals surface area contributed by atoms with Crippen LogP contribution < -0.4 is 5.73 Å². The minimum absolute atomic E-state index is 0.104. The van der Waals surface area contributed by atoms with Gasteiger partial charge >= 0.3 is 0 Å². The molecule has 1 amide bonds. The smallest absolute Gasteiger partial charge is 0.222 e. The highest BCUT2D eigenvalue weighted by Gasteiger charge is 2.26. The highest BCUT2D eigenvalue weighted by atomic mass is 16.5. The molecule has 0 radical (unpaired) electrons. The summed E-state index contributed by atoms with van der Waals surface area (Å²) in [6.45, 7) is 2.24. The Balaban J connectivity index is 1.70. The topological polar surface area (TPSA) is 88.2 Å². The van der Waals surface area contributed by atoms with Crippen LogP contribution in [0.4, 0.5) is 0 Å². The van der Waals surface area contributed by atoms with Crippen molar-refractivity contribution < 1.29 is 14.7 Å². The van der Waals surface area contributed by atoms with E-state index >= 15 is 0 Å². The third-order valence-corrected chi connectivity index (χ3v) is 4.09. The summed E-state index contributed by atoms with van der Waals surface area (Å²) in [6.07, 6.45) is 5.43. The first-order valence-corrected chi connectivity index (χ1v) is 7.07. The van der Waals surface area contributed by atoms with Gasteiger partial charge in [0.25, 0.3) is 0 Å². The molecule has 6 nitrogen and oxygen atoms in total. The van der Waals surface area contributed by atoms with Crippen LogP contribution >= 0.6 is 0 Å². The maximum absolute atomic E-state index is 12.1. The summed E-state index contributed by atoms with van der Waals surface area (Å²) in [5, 5.41) is 11.7. The average Bonchev–Trinajstić information content (AvgIpc) is 2.97. The molecule has 1 atom stereocenters. The first-order chi connectivity index (χ1) is 9.20. The van der Waals surface area contributed by atoms with E-state index < -0.39 is 0 Å². The van der Waals surface area contributed by atoms with Crippen LogP contribution in [0.5, 0.6) is 0 Å².